The topological polar surface area (TPSA) is 36.9 Å². The summed E-state index contributed by atoms with van der Waals surface area (Å²) in [4.78, 5) is 0. The average Bonchev–Trinajstić information content (AvgIpc) is 3.06. The zero-order valence-corrected chi connectivity index (χ0v) is 18.1. The van der Waals surface area contributed by atoms with E-state index in [2.05, 4.69) is 13.2 Å². The van der Waals surface area contributed by atoms with Crippen LogP contribution in [0.2, 0.25) is 0 Å². The molecule has 2 heterocycles. The summed E-state index contributed by atoms with van der Waals surface area (Å²) in [6.07, 6.45) is 0.395. The van der Waals surface area contributed by atoms with Crippen LogP contribution >= 0.6 is 0 Å². The predicted octanol–water partition coefficient (Wildman–Crippen LogP) is 6.43. The van der Waals surface area contributed by atoms with Gasteiger partial charge in [0.15, 0.2) is 23.0 Å². The van der Waals surface area contributed by atoms with E-state index in [0.717, 1.165) is 56.4 Å². The number of hydrogen-bond donors (Lipinski definition) is 0. The van der Waals surface area contributed by atoms with Gasteiger partial charge in [0, 0.05) is 13.8 Å². The van der Waals surface area contributed by atoms with E-state index in [0.29, 0.717) is 6.42 Å². The van der Waals surface area contributed by atoms with Gasteiger partial charge in [0.25, 0.3) is 11.6 Å². The lowest BCUT2D eigenvalue weighted by Crippen LogP contribution is -2.47. The minimum atomic E-state index is -0.897. The summed E-state index contributed by atoms with van der Waals surface area (Å²) in [6, 6.07) is 7.99. The summed E-state index contributed by atoms with van der Waals surface area (Å²) in [6.45, 7) is 20.0. The molecule has 2 aromatic carbocycles. The van der Waals surface area contributed by atoms with Crippen molar-refractivity contribution in [2.24, 2.45) is 0 Å². The molecule has 29 heavy (non-hydrogen) atoms. The lowest BCUT2D eigenvalue weighted by molar-refractivity contribution is -0.162. The smallest absolute Gasteiger partial charge is 0.256 e. The van der Waals surface area contributed by atoms with E-state index in [1.54, 1.807) is 0 Å². The summed E-state index contributed by atoms with van der Waals surface area (Å²) in [5.41, 5.74) is 6.36. The highest BCUT2D eigenvalue weighted by molar-refractivity contribution is 5.69. The Morgan fingerprint density at radius 3 is 1.31 bits per heavy atom. The van der Waals surface area contributed by atoms with E-state index in [1.807, 2.05) is 65.8 Å². The number of hydrogen-bond acceptors (Lipinski definition) is 4. The third kappa shape index (κ3) is 3.37. The molecule has 2 unspecified atom stereocenters. The molecule has 0 spiro atoms. The Morgan fingerprint density at radius 1 is 0.690 bits per heavy atom. The number of allylic oxidation sites excluding steroid dienone is 2. The monoisotopic (exact) mass is 392 g/mol. The Morgan fingerprint density at radius 2 is 1.00 bits per heavy atom. The molecule has 0 amide bonds. The predicted molar refractivity (Wildman–Crippen MR) is 116 cm³/mol. The molecule has 2 atom stereocenters. The molecule has 4 heteroatoms. The van der Waals surface area contributed by atoms with Crippen molar-refractivity contribution in [1.29, 1.82) is 0 Å². The Kier molecular flexibility index (Phi) is 4.23. The molecule has 4 rings (SSSR count). The van der Waals surface area contributed by atoms with E-state index >= 15 is 0 Å². The Balaban J connectivity index is 1.57. The van der Waals surface area contributed by atoms with Crippen LogP contribution in [0.3, 0.4) is 0 Å². The first kappa shape index (κ1) is 19.4. The molecule has 2 aliphatic heterocycles. The van der Waals surface area contributed by atoms with Crippen molar-refractivity contribution in [3.8, 4) is 23.0 Å². The van der Waals surface area contributed by atoms with Gasteiger partial charge in [-0.15, -0.1) is 0 Å². The van der Waals surface area contributed by atoms with Crippen LogP contribution in [0.25, 0.3) is 11.1 Å². The van der Waals surface area contributed by atoms with Gasteiger partial charge in [0.1, 0.15) is 6.42 Å². The average molecular weight is 392 g/mol. The molecule has 0 fully saturated rings. The van der Waals surface area contributed by atoms with Gasteiger partial charge in [0.2, 0.25) is 0 Å². The third-order valence-electron chi connectivity index (χ3n) is 5.45. The van der Waals surface area contributed by atoms with Crippen LogP contribution in [-0.2, 0) is 0 Å². The molecule has 2 aromatic rings. The second-order valence-corrected chi connectivity index (χ2v) is 8.64. The van der Waals surface area contributed by atoms with Gasteiger partial charge >= 0.3 is 0 Å². The maximum atomic E-state index is 6.21. The Labute approximate surface area is 172 Å². The summed E-state index contributed by atoms with van der Waals surface area (Å²) >= 11 is 0. The highest BCUT2D eigenvalue weighted by Gasteiger charge is 2.49. The van der Waals surface area contributed by atoms with Crippen molar-refractivity contribution in [2.75, 3.05) is 0 Å². The minimum absolute atomic E-state index is 0.395. The highest BCUT2D eigenvalue weighted by atomic mass is 16.8. The van der Waals surface area contributed by atoms with Crippen molar-refractivity contribution in [2.45, 2.75) is 59.5 Å². The van der Waals surface area contributed by atoms with Gasteiger partial charge in [-0.25, -0.2) is 0 Å². The molecule has 0 N–H and O–H groups in total. The van der Waals surface area contributed by atoms with E-state index < -0.39 is 11.6 Å². The standard InChI is InChI=1S/C25H28O4/c1-14(2)18-11-22-20(9-16(18)5)26-24(7,28-22)13-25(8)27-21-10-17(6)19(15(3)4)12-23(21)29-25/h9-12H,1,3,13H2,2,4-8H3. The van der Waals surface area contributed by atoms with Crippen molar-refractivity contribution in [1.82, 2.24) is 0 Å². The van der Waals surface area contributed by atoms with Crippen LogP contribution in [-0.4, -0.2) is 11.6 Å². The SMILES string of the molecule is C=C(C)c1cc2c(cc1C)OC(C)(CC1(C)Oc3cc(C)c(C(=C)C)cc3O1)O2. The van der Waals surface area contributed by atoms with Gasteiger partial charge in [-0.05, 0) is 74.2 Å². The number of ether oxygens (including phenoxy) is 4. The molecular formula is C25H28O4. The number of benzene rings is 2. The third-order valence-corrected chi connectivity index (χ3v) is 5.45. The fraction of sp³-hybridized carbons (Fsp3) is 0.360. The van der Waals surface area contributed by atoms with Gasteiger partial charge in [-0.2, -0.15) is 0 Å². The van der Waals surface area contributed by atoms with Crippen LogP contribution in [0.4, 0.5) is 0 Å². The summed E-state index contributed by atoms with van der Waals surface area (Å²) in [7, 11) is 0. The zero-order chi connectivity index (χ0) is 21.1. The maximum absolute atomic E-state index is 6.21. The molecule has 2 aliphatic rings. The van der Waals surface area contributed by atoms with Crippen LogP contribution in [0.5, 0.6) is 23.0 Å². The largest absolute Gasteiger partial charge is 0.448 e. The fourth-order valence-electron chi connectivity index (χ4n) is 4.26. The van der Waals surface area contributed by atoms with Gasteiger partial charge in [-0.3, -0.25) is 0 Å². The summed E-state index contributed by atoms with van der Waals surface area (Å²) in [5, 5.41) is 0. The molecule has 152 valence electrons. The molecule has 0 bridgehead atoms. The molecule has 0 aromatic heterocycles. The van der Waals surface area contributed by atoms with Crippen LogP contribution < -0.4 is 18.9 Å². The van der Waals surface area contributed by atoms with Gasteiger partial charge in [0.05, 0.1) is 0 Å². The first-order chi connectivity index (χ1) is 13.5. The second kappa shape index (κ2) is 6.31. The first-order valence-corrected chi connectivity index (χ1v) is 9.86. The zero-order valence-electron chi connectivity index (χ0n) is 18.1. The van der Waals surface area contributed by atoms with Gasteiger partial charge in [-0.1, -0.05) is 24.3 Å². The van der Waals surface area contributed by atoms with Crippen molar-refractivity contribution in [3.63, 3.8) is 0 Å². The van der Waals surface area contributed by atoms with E-state index in [9.17, 15) is 0 Å². The van der Waals surface area contributed by atoms with Crippen molar-refractivity contribution in [3.05, 3.63) is 59.7 Å². The number of rotatable bonds is 4. The quantitative estimate of drug-likeness (QED) is 0.600. The number of aryl methyl sites for hydroxylation is 2. The molecule has 0 aliphatic carbocycles. The lowest BCUT2D eigenvalue weighted by atomic mass is 10.0. The normalized spacial score (nSPS) is 23.9. The highest BCUT2D eigenvalue weighted by Crippen LogP contribution is 2.48. The van der Waals surface area contributed by atoms with Crippen molar-refractivity contribution >= 4 is 11.1 Å². The maximum Gasteiger partial charge on any atom is 0.256 e. The number of fused-ring (bicyclic) bond motifs is 2. The summed E-state index contributed by atoms with van der Waals surface area (Å²) < 4.78 is 24.8. The molecule has 0 saturated heterocycles. The molecular weight excluding hydrogens is 364 g/mol. The van der Waals surface area contributed by atoms with E-state index in [4.69, 9.17) is 18.9 Å². The first-order valence-electron chi connectivity index (χ1n) is 9.86. The Hall–Kier alpha value is -2.88. The molecule has 0 saturated carbocycles. The van der Waals surface area contributed by atoms with Crippen LogP contribution in [0.1, 0.15) is 56.4 Å². The second-order valence-electron chi connectivity index (χ2n) is 8.64. The summed E-state index contributed by atoms with van der Waals surface area (Å²) in [5.74, 6) is 1.10. The van der Waals surface area contributed by atoms with Crippen LogP contribution in [0, 0.1) is 13.8 Å². The van der Waals surface area contributed by atoms with E-state index in [1.165, 1.54) is 0 Å². The van der Waals surface area contributed by atoms with Crippen molar-refractivity contribution < 1.29 is 18.9 Å². The molecule has 0 radical (unpaired) electrons. The molecule has 4 nitrogen and oxygen atoms in total. The van der Waals surface area contributed by atoms with Crippen LogP contribution in [0.15, 0.2) is 37.4 Å². The van der Waals surface area contributed by atoms with Gasteiger partial charge < -0.3 is 18.9 Å². The Bertz CT molecular complexity index is 968. The fourth-order valence-corrected chi connectivity index (χ4v) is 4.26. The lowest BCUT2D eigenvalue weighted by Gasteiger charge is -2.31. The van der Waals surface area contributed by atoms with E-state index in [-0.39, 0.29) is 0 Å². The minimum Gasteiger partial charge on any atom is -0.448 e.